The number of aromatic amines is 2. The summed E-state index contributed by atoms with van der Waals surface area (Å²) in [5.74, 6) is 0. The molecule has 1 spiro atoms. The van der Waals surface area contributed by atoms with E-state index >= 15 is 0 Å². The third-order valence-corrected chi connectivity index (χ3v) is 18.8. The quantitative estimate of drug-likeness (QED) is 0.323. The van der Waals surface area contributed by atoms with Crippen LogP contribution in [0.4, 0.5) is 0 Å². The van der Waals surface area contributed by atoms with Crippen LogP contribution in [0.15, 0.2) is 27.0 Å². The Morgan fingerprint density at radius 2 is 1.68 bits per heavy atom. The smallest absolute Gasteiger partial charge is 0.327 e. The lowest BCUT2D eigenvalue weighted by Gasteiger charge is -2.43. The van der Waals surface area contributed by atoms with Gasteiger partial charge >= 0.3 is 5.69 Å². The number of hydrogen-bond acceptors (Lipinski definition) is 10. The largest absolute Gasteiger partial charge is 0.414 e. The number of fused-ring (bicyclic) bond motifs is 1. The van der Waals surface area contributed by atoms with E-state index in [-0.39, 0.29) is 33.5 Å². The van der Waals surface area contributed by atoms with Gasteiger partial charge in [0, 0.05) is 0 Å². The fourth-order valence-corrected chi connectivity index (χ4v) is 7.89. The Bertz CT molecular complexity index is 1560. The SMILES string of the molecule is CC(C)(C)[Si](C)(C)OCC1OC(n2cnc3[nH]c(=O)[nH]c(=O)c32)C(O[Si](C)(C)C(C)(C)C)C12OS(=O)(=O)C=C2N. The average molecular weight is 616 g/mol. The van der Waals surface area contributed by atoms with Crippen LogP contribution < -0.4 is 17.0 Å². The van der Waals surface area contributed by atoms with Crippen LogP contribution in [0.25, 0.3) is 11.2 Å². The van der Waals surface area contributed by atoms with Crippen LogP contribution in [0, 0.1) is 0 Å². The molecule has 4 rings (SSSR count). The van der Waals surface area contributed by atoms with E-state index in [9.17, 15) is 18.0 Å². The lowest BCUT2D eigenvalue weighted by molar-refractivity contribution is -0.0534. The molecule has 16 heteroatoms. The molecule has 40 heavy (non-hydrogen) atoms. The van der Waals surface area contributed by atoms with Gasteiger partial charge in [0.1, 0.15) is 12.2 Å². The van der Waals surface area contributed by atoms with Crippen molar-refractivity contribution in [3.63, 3.8) is 0 Å². The van der Waals surface area contributed by atoms with Gasteiger partial charge in [0.15, 0.2) is 39.6 Å². The summed E-state index contributed by atoms with van der Waals surface area (Å²) in [6, 6.07) is 0. The minimum absolute atomic E-state index is 0.0259. The first-order chi connectivity index (χ1) is 18.0. The van der Waals surface area contributed by atoms with Crippen molar-refractivity contribution in [3.05, 3.63) is 38.3 Å². The molecule has 224 valence electrons. The highest BCUT2D eigenvalue weighted by Crippen LogP contribution is 2.52. The fraction of sp³-hybridized carbons (Fsp3) is 0.708. The molecule has 2 aliphatic heterocycles. The summed E-state index contributed by atoms with van der Waals surface area (Å²) in [5, 5.41) is 0.458. The number of H-pyrrole nitrogens is 2. The van der Waals surface area contributed by atoms with Crippen molar-refractivity contribution in [2.24, 2.45) is 5.73 Å². The van der Waals surface area contributed by atoms with Crippen LogP contribution >= 0.6 is 0 Å². The molecule has 4 atom stereocenters. The third-order valence-electron chi connectivity index (χ3n) is 8.81. The molecule has 4 N–H and O–H groups in total. The van der Waals surface area contributed by atoms with Gasteiger partial charge in [0.05, 0.1) is 24.0 Å². The van der Waals surface area contributed by atoms with Crippen LogP contribution in [0.1, 0.15) is 47.8 Å². The van der Waals surface area contributed by atoms with Crippen molar-refractivity contribution in [1.29, 1.82) is 0 Å². The standard InChI is InChI=1S/C24H41N5O8SSi2/c1-22(2,3)39(7,8)34-11-15-24(14(25)12-38(32,33)37-24)17(36-40(9,10)23(4,5)6)20(35-15)29-13-26-18-16(29)19(30)28-21(31)27-18/h12-13,15,17,20H,11,25H2,1-10H3,(H2,27,28,30,31). The molecule has 2 aliphatic rings. The summed E-state index contributed by atoms with van der Waals surface area (Å²) in [7, 11) is -9.18. The molecule has 13 nitrogen and oxygen atoms in total. The van der Waals surface area contributed by atoms with E-state index in [4.69, 9.17) is 23.5 Å². The van der Waals surface area contributed by atoms with Crippen molar-refractivity contribution >= 4 is 37.9 Å². The number of aromatic nitrogens is 4. The Labute approximate surface area is 235 Å². The molecule has 1 fully saturated rings. The van der Waals surface area contributed by atoms with Gasteiger partial charge in [0.25, 0.3) is 15.7 Å². The maximum atomic E-state index is 12.9. The highest BCUT2D eigenvalue weighted by Gasteiger charge is 2.67. The van der Waals surface area contributed by atoms with Gasteiger partial charge in [-0.1, -0.05) is 41.5 Å². The predicted octanol–water partition coefficient (Wildman–Crippen LogP) is 2.62. The van der Waals surface area contributed by atoms with E-state index in [0.29, 0.717) is 0 Å². The number of ether oxygens (including phenoxy) is 1. The zero-order valence-corrected chi connectivity index (χ0v) is 27.6. The Hall–Kier alpha value is -2.09. The van der Waals surface area contributed by atoms with Crippen molar-refractivity contribution in [2.75, 3.05) is 6.61 Å². The first kappa shape index (κ1) is 30.9. The van der Waals surface area contributed by atoms with Gasteiger partial charge < -0.3 is 19.3 Å². The van der Waals surface area contributed by atoms with Gasteiger partial charge in [-0.3, -0.25) is 19.3 Å². The molecule has 2 aromatic rings. The number of nitrogens with zero attached hydrogens (tertiary/aromatic N) is 2. The first-order valence-corrected chi connectivity index (χ1v) is 20.4. The van der Waals surface area contributed by atoms with Crippen LogP contribution in [0.3, 0.4) is 0 Å². The normalized spacial score (nSPS) is 27.6. The summed E-state index contributed by atoms with van der Waals surface area (Å²) in [5.41, 5.74) is 3.31. The van der Waals surface area contributed by atoms with Crippen LogP contribution in [0.2, 0.25) is 36.3 Å². The minimum Gasteiger partial charge on any atom is -0.414 e. The van der Waals surface area contributed by atoms with E-state index in [1.165, 1.54) is 10.9 Å². The van der Waals surface area contributed by atoms with Crippen molar-refractivity contribution < 1.29 is 26.2 Å². The van der Waals surface area contributed by atoms with Gasteiger partial charge in [-0.05, 0) is 36.3 Å². The summed E-state index contributed by atoms with van der Waals surface area (Å²) in [6.45, 7) is 20.5. The lowest BCUT2D eigenvalue weighted by Crippen LogP contribution is -2.59. The zero-order chi connectivity index (χ0) is 30.3. The molecule has 4 unspecified atom stereocenters. The molecule has 0 bridgehead atoms. The number of imidazole rings is 1. The Morgan fingerprint density at radius 1 is 1.07 bits per heavy atom. The number of rotatable bonds is 6. The molecular weight excluding hydrogens is 575 g/mol. The topological polar surface area (TPSA) is 181 Å². The second-order valence-electron chi connectivity index (χ2n) is 13.6. The molecule has 4 heterocycles. The van der Waals surface area contributed by atoms with Crippen LogP contribution in [0.5, 0.6) is 0 Å². The maximum absolute atomic E-state index is 12.9. The van der Waals surface area contributed by atoms with Gasteiger partial charge in [-0.2, -0.15) is 8.42 Å². The highest BCUT2D eigenvalue weighted by molar-refractivity contribution is 7.90. The first-order valence-electron chi connectivity index (χ1n) is 13.1. The Balaban J connectivity index is 1.93. The second kappa shape index (κ2) is 9.47. The summed E-state index contributed by atoms with van der Waals surface area (Å²) < 4.78 is 52.9. The van der Waals surface area contributed by atoms with E-state index in [0.717, 1.165) is 5.41 Å². The second-order valence-corrected chi connectivity index (χ2v) is 24.5. The van der Waals surface area contributed by atoms with Gasteiger partial charge in [-0.25, -0.2) is 14.0 Å². The molecule has 0 amide bonds. The van der Waals surface area contributed by atoms with Gasteiger partial charge in [-0.15, -0.1) is 0 Å². The van der Waals surface area contributed by atoms with Crippen LogP contribution in [-0.4, -0.2) is 69.0 Å². The number of hydrogen-bond donors (Lipinski definition) is 3. The molecule has 0 aliphatic carbocycles. The summed E-state index contributed by atoms with van der Waals surface area (Å²) in [4.78, 5) is 33.7. The number of nitrogens with two attached hydrogens (primary N) is 1. The summed E-state index contributed by atoms with van der Waals surface area (Å²) in [6.07, 6.45) is -1.89. The van der Waals surface area contributed by atoms with E-state index < -0.39 is 62.0 Å². The van der Waals surface area contributed by atoms with E-state index in [1.54, 1.807) is 0 Å². The molecule has 1 saturated heterocycles. The minimum atomic E-state index is -4.19. The molecule has 0 aromatic carbocycles. The number of nitrogens with one attached hydrogen (secondary N) is 2. The molecule has 0 radical (unpaired) electrons. The van der Waals surface area contributed by atoms with E-state index in [2.05, 4.69) is 48.8 Å². The lowest BCUT2D eigenvalue weighted by atomic mass is 9.89. The van der Waals surface area contributed by atoms with Crippen molar-refractivity contribution in [3.8, 4) is 0 Å². The van der Waals surface area contributed by atoms with Crippen molar-refractivity contribution in [2.45, 2.75) is 102 Å². The monoisotopic (exact) mass is 615 g/mol. The molecule has 0 saturated carbocycles. The van der Waals surface area contributed by atoms with E-state index in [1.807, 2.05) is 33.9 Å². The van der Waals surface area contributed by atoms with Gasteiger partial charge in [0.2, 0.25) is 0 Å². The average Bonchev–Trinajstić information content (AvgIpc) is 3.37. The van der Waals surface area contributed by atoms with Crippen molar-refractivity contribution in [1.82, 2.24) is 19.5 Å². The predicted molar refractivity (Wildman–Crippen MR) is 155 cm³/mol. The Kier molecular flexibility index (Phi) is 7.31. The zero-order valence-electron chi connectivity index (χ0n) is 24.7. The Morgan fingerprint density at radius 3 is 2.20 bits per heavy atom. The van der Waals surface area contributed by atoms with Crippen LogP contribution in [-0.2, 0) is 27.9 Å². The maximum Gasteiger partial charge on any atom is 0.327 e. The third kappa shape index (κ3) is 5.07. The molecule has 2 aromatic heterocycles. The summed E-state index contributed by atoms with van der Waals surface area (Å²) >= 11 is 0. The highest BCUT2D eigenvalue weighted by atomic mass is 32.2. The molecular formula is C24H41N5O8SSi2. The fourth-order valence-electron chi connectivity index (χ4n) is 4.39.